The van der Waals surface area contributed by atoms with Crippen molar-refractivity contribution in [2.75, 3.05) is 11.7 Å². The number of nitrogens with zero attached hydrogens (tertiary/aromatic N) is 1. The highest BCUT2D eigenvalue weighted by Crippen LogP contribution is 2.32. The number of carbonyl (C=O) groups is 2. The van der Waals surface area contributed by atoms with E-state index in [0.717, 1.165) is 5.56 Å². The number of ether oxygens (including phenoxy) is 2. The second-order valence-corrected chi connectivity index (χ2v) is 6.54. The standard InChI is InChI=1S/C19H14FN3O4S/c20-12-2-4-13(5-3-12)23-18(25)14(17(24)22-19(23)28)9-21-8-11-1-6-15-16(7-11)27-10-26-15/h1-7,9,14H,8,10H2,(H,22,24,28)/p+1. The number of thiocarbonyl (C=S) groups is 1. The average molecular weight is 400 g/mol. The molecule has 0 bridgehead atoms. The molecule has 28 heavy (non-hydrogen) atoms. The van der Waals surface area contributed by atoms with E-state index in [9.17, 15) is 14.0 Å². The van der Waals surface area contributed by atoms with E-state index in [1.54, 1.807) is 6.07 Å². The lowest BCUT2D eigenvalue weighted by molar-refractivity contribution is -0.471. The molecular weight excluding hydrogens is 385 g/mol. The molecule has 2 aliphatic heterocycles. The summed E-state index contributed by atoms with van der Waals surface area (Å²) >= 11 is 5.10. The van der Waals surface area contributed by atoms with Gasteiger partial charge in [0.15, 0.2) is 35.3 Å². The van der Waals surface area contributed by atoms with Crippen LogP contribution >= 0.6 is 12.2 Å². The zero-order valence-corrected chi connectivity index (χ0v) is 15.3. The predicted octanol–water partition coefficient (Wildman–Crippen LogP) is 0.270. The molecule has 2 amide bonds. The third-order valence-corrected chi connectivity index (χ3v) is 4.60. The van der Waals surface area contributed by atoms with Crippen molar-refractivity contribution >= 4 is 41.0 Å². The van der Waals surface area contributed by atoms with Crippen molar-refractivity contribution in [1.29, 1.82) is 0 Å². The second-order valence-electron chi connectivity index (χ2n) is 6.16. The molecule has 1 unspecified atom stereocenters. The van der Waals surface area contributed by atoms with Crippen LogP contribution in [0.5, 0.6) is 11.5 Å². The highest BCUT2D eigenvalue weighted by atomic mass is 32.1. The molecule has 142 valence electrons. The first-order valence-electron chi connectivity index (χ1n) is 8.42. The number of hydrogen-bond acceptors (Lipinski definition) is 5. The maximum atomic E-state index is 13.2. The summed E-state index contributed by atoms with van der Waals surface area (Å²) in [5.74, 6) is -1.22. The molecule has 1 saturated heterocycles. The Bertz CT molecular complexity index is 993. The third-order valence-electron chi connectivity index (χ3n) is 4.31. The Morgan fingerprint density at radius 1 is 1.18 bits per heavy atom. The van der Waals surface area contributed by atoms with Crippen molar-refractivity contribution in [2.45, 2.75) is 6.54 Å². The zero-order valence-electron chi connectivity index (χ0n) is 14.5. The molecule has 0 aliphatic carbocycles. The van der Waals surface area contributed by atoms with Crippen molar-refractivity contribution in [3.8, 4) is 11.5 Å². The Labute approximate surface area is 164 Å². The number of carbonyl (C=O) groups excluding carboxylic acids is 2. The molecule has 2 aliphatic rings. The maximum absolute atomic E-state index is 13.2. The van der Waals surface area contributed by atoms with Crippen LogP contribution < -0.4 is 24.7 Å². The second kappa shape index (κ2) is 7.35. The number of nitrogens with one attached hydrogen (secondary N) is 2. The van der Waals surface area contributed by atoms with Crippen molar-refractivity contribution in [3.63, 3.8) is 0 Å². The molecule has 2 aromatic rings. The van der Waals surface area contributed by atoms with Gasteiger partial charge in [0.2, 0.25) is 12.7 Å². The fraction of sp³-hybridized carbons (Fsp3) is 0.158. The summed E-state index contributed by atoms with van der Waals surface area (Å²) in [5, 5.41) is 2.46. The number of hydrogen-bond donors (Lipinski definition) is 2. The predicted molar refractivity (Wildman–Crippen MR) is 101 cm³/mol. The summed E-state index contributed by atoms with van der Waals surface area (Å²) < 4.78 is 23.7. The van der Waals surface area contributed by atoms with E-state index in [1.807, 2.05) is 12.1 Å². The minimum Gasteiger partial charge on any atom is -0.454 e. The topological polar surface area (TPSA) is 81.8 Å². The molecule has 4 rings (SSSR count). The molecule has 2 heterocycles. The number of amides is 2. The number of halogens is 1. The Morgan fingerprint density at radius 3 is 2.71 bits per heavy atom. The SMILES string of the molecule is O=C1NC(=S)N(c2ccc(F)cc2)C(=O)C1C=[NH+]Cc1ccc2c(c1)OCO2. The van der Waals surface area contributed by atoms with Crippen LogP contribution in [0.4, 0.5) is 10.1 Å². The first-order valence-corrected chi connectivity index (χ1v) is 8.83. The molecule has 1 atom stereocenters. The largest absolute Gasteiger partial charge is 0.454 e. The minimum atomic E-state index is -1.08. The van der Waals surface area contributed by atoms with E-state index in [2.05, 4.69) is 10.3 Å². The van der Waals surface area contributed by atoms with E-state index in [-0.39, 0.29) is 11.9 Å². The quantitative estimate of drug-likeness (QED) is 0.438. The van der Waals surface area contributed by atoms with Crippen LogP contribution in [0.15, 0.2) is 42.5 Å². The zero-order chi connectivity index (χ0) is 19.7. The van der Waals surface area contributed by atoms with Crippen molar-refractivity contribution < 1.29 is 28.4 Å². The van der Waals surface area contributed by atoms with Gasteiger partial charge >= 0.3 is 0 Å². The van der Waals surface area contributed by atoms with Gasteiger partial charge in [-0.05, 0) is 54.7 Å². The Morgan fingerprint density at radius 2 is 1.93 bits per heavy atom. The van der Waals surface area contributed by atoms with E-state index >= 15 is 0 Å². The average Bonchev–Trinajstić information content (AvgIpc) is 3.13. The lowest BCUT2D eigenvalue weighted by atomic mass is 10.1. The Balaban J connectivity index is 1.50. The lowest BCUT2D eigenvalue weighted by Gasteiger charge is -2.30. The molecule has 2 aromatic carbocycles. The highest BCUT2D eigenvalue weighted by molar-refractivity contribution is 7.80. The summed E-state index contributed by atoms with van der Waals surface area (Å²) in [5.41, 5.74) is 1.28. The van der Waals surface area contributed by atoms with E-state index in [0.29, 0.717) is 23.7 Å². The van der Waals surface area contributed by atoms with Crippen molar-refractivity contribution in [1.82, 2.24) is 5.32 Å². The normalized spacial score (nSPS) is 18.7. The van der Waals surface area contributed by atoms with Gasteiger partial charge in [-0.3, -0.25) is 14.5 Å². The molecule has 7 nitrogen and oxygen atoms in total. The fourth-order valence-corrected chi connectivity index (χ4v) is 3.21. The summed E-state index contributed by atoms with van der Waals surface area (Å²) in [6.45, 7) is 0.572. The van der Waals surface area contributed by atoms with E-state index in [1.165, 1.54) is 35.4 Å². The molecule has 1 fully saturated rings. The monoisotopic (exact) mass is 400 g/mol. The van der Waals surface area contributed by atoms with Crippen LogP contribution in [0.2, 0.25) is 0 Å². The molecule has 2 N–H and O–H groups in total. The van der Waals surface area contributed by atoms with Crippen LogP contribution in [0.1, 0.15) is 5.56 Å². The van der Waals surface area contributed by atoms with E-state index < -0.39 is 23.5 Å². The number of anilines is 1. The smallest absolute Gasteiger partial charge is 0.256 e. The van der Waals surface area contributed by atoms with Gasteiger partial charge in [0.05, 0.1) is 5.69 Å². The van der Waals surface area contributed by atoms with Gasteiger partial charge in [-0.1, -0.05) is 0 Å². The molecule has 0 radical (unpaired) electrons. The first-order chi connectivity index (χ1) is 13.5. The van der Waals surface area contributed by atoms with Crippen LogP contribution in [-0.2, 0) is 16.1 Å². The van der Waals surface area contributed by atoms with Crippen LogP contribution in [0.3, 0.4) is 0 Å². The number of benzene rings is 2. The van der Waals surface area contributed by atoms with Gasteiger partial charge in [-0.25, -0.2) is 9.38 Å². The van der Waals surface area contributed by atoms with Crippen LogP contribution in [-0.4, -0.2) is 29.9 Å². The van der Waals surface area contributed by atoms with Gasteiger partial charge in [0.1, 0.15) is 5.82 Å². The summed E-state index contributed by atoms with van der Waals surface area (Å²) in [4.78, 5) is 29.2. The summed E-state index contributed by atoms with van der Waals surface area (Å²) in [7, 11) is 0. The van der Waals surface area contributed by atoms with E-state index in [4.69, 9.17) is 21.7 Å². The summed E-state index contributed by atoms with van der Waals surface area (Å²) in [6.07, 6.45) is 1.42. The molecule has 0 spiro atoms. The molecule has 0 saturated carbocycles. The van der Waals surface area contributed by atoms with Gasteiger partial charge in [-0.2, -0.15) is 0 Å². The number of rotatable bonds is 4. The Kier molecular flexibility index (Phi) is 4.74. The van der Waals surface area contributed by atoms with Crippen molar-refractivity contribution in [2.24, 2.45) is 5.92 Å². The highest BCUT2D eigenvalue weighted by Gasteiger charge is 2.40. The van der Waals surface area contributed by atoms with Crippen LogP contribution in [0, 0.1) is 11.7 Å². The maximum Gasteiger partial charge on any atom is 0.256 e. The number of fused-ring (bicyclic) bond motifs is 1. The molecule has 9 heteroatoms. The molecular formula is C19H15FN3O4S+. The van der Waals surface area contributed by atoms with Crippen LogP contribution in [0.25, 0.3) is 0 Å². The van der Waals surface area contributed by atoms with Gasteiger partial charge < -0.3 is 14.8 Å². The van der Waals surface area contributed by atoms with Gasteiger partial charge in [0, 0.05) is 5.56 Å². The Hall–Kier alpha value is -3.33. The van der Waals surface area contributed by atoms with Gasteiger partial charge in [-0.15, -0.1) is 0 Å². The summed E-state index contributed by atoms with van der Waals surface area (Å²) in [6, 6.07) is 10.8. The van der Waals surface area contributed by atoms with Crippen molar-refractivity contribution in [3.05, 3.63) is 53.8 Å². The minimum absolute atomic E-state index is 0.0398. The lowest BCUT2D eigenvalue weighted by Crippen LogP contribution is -2.71. The molecule has 0 aromatic heterocycles. The van der Waals surface area contributed by atoms with Gasteiger partial charge in [0.25, 0.3) is 5.91 Å². The third kappa shape index (κ3) is 3.44. The first kappa shape index (κ1) is 18.1. The fourth-order valence-electron chi connectivity index (χ4n) is 2.92.